The van der Waals surface area contributed by atoms with E-state index in [1.807, 2.05) is 13.8 Å². The fraction of sp³-hybridized carbons (Fsp3) is 1.00. The largest absolute Gasteiger partial charge is 0.367 e. The molecule has 0 aliphatic carbocycles. The number of hydrogen-bond acceptors (Lipinski definition) is 2. The van der Waals surface area contributed by atoms with Crippen LogP contribution in [-0.4, -0.2) is 12.8 Å². The van der Waals surface area contributed by atoms with Crippen LogP contribution in [0.4, 0.5) is 4.20 Å². The molecule has 0 aromatic carbocycles. The summed E-state index contributed by atoms with van der Waals surface area (Å²) in [5.74, 6) is 0.464. The van der Waals surface area contributed by atoms with E-state index in [0.717, 1.165) is 6.42 Å². The molecule has 74 valence electrons. The molecule has 1 atom stereocenters. The molecule has 0 radical (unpaired) electrons. The third-order valence-corrected chi connectivity index (χ3v) is 3.02. The van der Waals surface area contributed by atoms with Crippen LogP contribution in [0.25, 0.3) is 0 Å². The molecule has 0 N–H and O–H groups in total. The Labute approximate surface area is 74.1 Å². The maximum Gasteiger partial charge on any atom is 0.367 e. The lowest BCUT2D eigenvalue weighted by atomic mass is 10.2. The van der Waals surface area contributed by atoms with Crippen molar-refractivity contribution in [2.24, 2.45) is 5.92 Å². The topological polar surface area (TPSA) is 26.3 Å². The van der Waals surface area contributed by atoms with Crippen molar-refractivity contribution in [3.05, 3.63) is 0 Å². The zero-order valence-corrected chi connectivity index (χ0v) is 8.94. The maximum absolute atomic E-state index is 12.9. The van der Waals surface area contributed by atoms with Gasteiger partial charge in [-0.15, -0.1) is 0 Å². The van der Waals surface area contributed by atoms with Crippen molar-refractivity contribution in [2.45, 2.75) is 33.6 Å². The van der Waals surface area contributed by atoms with Gasteiger partial charge in [0.1, 0.15) is 0 Å². The average molecular weight is 196 g/mol. The van der Waals surface area contributed by atoms with Crippen molar-refractivity contribution >= 4 is 7.68 Å². The number of rotatable bonds is 6. The van der Waals surface area contributed by atoms with Gasteiger partial charge in [0.25, 0.3) is 0 Å². The molecule has 0 bridgehead atoms. The van der Waals surface area contributed by atoms with Gasteiger partial charge in [0.15, 0.2) is 0 Å². The Morgan fingerprint density at radius 1 is 1.50 bits per heavy atom. The molecular formula is C8H18FO2P. The lowest BCUT2D eigenvalue weighted by Crippen LogP contribution is -1.97. The monoisotopic (exact) mass is 196 g/mol. The Morgan fingerprint density at radius 2 is 2.08 bits per heavy atom. The van der Waals surface area contributed by atoms with Crippen LogP contribution >= 0.6 is 7.68 Å². The average Bonchev–Trinajstić information content (AvgIpc) is 1.85. The first-order chi connectivity index (χ1) is 5.48. The van der Waals surface area contributed by atoms with E-state index in [1.165, 1.54) is 0 Å². The summed E-state index contributed by atoms with van der Waals surface area (Å²) in [6, 6.07) is 0. The summed E-state index contributed by atoms with van der Waals surface area (Å²) >= 11 is 0. The second kappa shape index (κ2) is 5.71. The van der Waals surface area contributed by atoms with E-state index in [2.05, 4.69) is 4.52 Å². The number of hydrogen-bond donors (Lipinski definition) is 0. The highest BCUT2D eigenvalue weighted by molar-refractivity contribution is 7.53. The van der Waals surface area contributed by atoms with Crippen LogP contribution in [0, 0.1) is 5.92 Å². The smallest absolute Gasteiger partial charge is 0.306 e. The molecule has 0 saturated heterocycles. The second-order valence-electron chi connectivity index (χ2n) is 3.33. The summed E-state index contributed by atoms with van der Waals surface area (Å²) in [5.41, 5.74) is 0. The van der Waals surface area contributed by atoms with E-state index in [9.17, 15) is 8.76 Å². The van der Waals surface area contributed by atoms with Crippen LogP contribution < -0.4 is 0 Å². The van der Waals surface area contributed by atoms with Crippen molar-refractivity contribution in [1.29, 1.82) is 0 Å². The van der Waals surface area contributed by atoms with Gasteiger partial charge in [0.05, 0.1) is 12.8 Å². The van der Waals surface area contributed by atoms with Gasteiger partial charge >= 0.3 is 7.68 Å². The fourth-order valence-electron chi connectivity index (χ4n) is 0.756. The molecule has 12 heavy (non-hydrogen) atoms. The van der Waals surface area contributed by atoms with E-state index < -0.39 is 7.68 Å². The molecule has 4 heteroatoms. The standard InChI is InChI=1S/C8H18FO2P/c1-4-7-12(9,10)11-6-5-8(2)3/h8H,4-7H2,1-3H3. The van der Waals surface area contributed by atoms with Gasteiger partial charge in [-0.1, -0.05) is 20.8 Å². The van der Waals surface area contributed by atoms with Crippen LogP contribution in [0.15, 0.2) is 0 Å². The Morgan fingerprint density at radius 3 is 2.50 bits per heavy atom. The fourth-order valence-corrected chi connectivity index (χ4v) is 1.80. The Bertz CT molecular complexity index is 159. The summed E-state index contributed by atoms with van der Waals surface area (Å²) in [7, 11) is -3.75. The molecule has 0 spiro atoms. The summed E-state index contributed by atoms with van der Waals surface area (Å²) in [6.07, 6.45) is 1.37. The minimum atomic E-state index is -3.75. The Balaban J connectivity index is 3.54. The third kappa shape index (κ3) is 6.81. The highest BCUT2D eigenvalue weighted by Crippen LogP contribution is 2.49. The van der Waals surface area contributed by atoms with Crippen molar-refractivity contribution in [3.8, 4) is 0 Å². The highest BCUT2D eigenvalue weighted by atomic mass is 31.2. The Hall–Kier alpha value is 0.120. The summed E-state index contributed by atoms with van der Waals surface area (Å²) < 4.78 is 28.5. The summed E-state index contributed by atoms with van der Waals surface area (Å²) in [4.78, 5) is 0. The van der Waals surface area contributed by atoms with Gasteiger partial charge in [-0.3, -0.25) is 4.57 Å². The predicted octanol–water partition coefficient (Wildman–Crippen LogP) is 3.62. The molecule has 0 aliphatic rings. The van der Waals surface area contributed by atoms with Crippen LogP contribution in [0.5, 0.6) is 0 Å². The quantitative estimate of drug-likeness (QED) is 0.606. The van der Waals surface area contributed by atoms with Crippen molar-refractivity contribution in [3.63, 3.8) is 0 Å². The van der Waals surface area contributed by atoms with Crippen LogP contribution in [0.3, 0.4) is 0 Å². The normalized spacial score (nSPS) is 16.4. The molecule has 0 aliphatic heterocycles. The van der Waals surface area contributed by atoms with E-state index in [4.69, 9.17) is 0 Å². The predicted molar refractivity (Wildman–Crippen MR) is 49.3 cm³/mol. The lowest BCUT2D eigenvalue weighted by Gasteiger charge is -2.09. The molecule has 0 saturated carbocycles. The molecule has 0 rings (SSSR count). The summed E-state index contributed by atoms with van der Waals surface area (Å²) in [5, 5.41) is 0. The second-order valence-corrected chi connectivity index (χ2v) is 5.22. The minimum Gasteiger partial charge on any atom is -0.306 e. The van der Waals surface area contributed by atoms with Gasteiger partial charge in [-0.05, 0) is 18.8 Å². The van der Waals surface area contributed by atoms with Crippen LogP contribution in [-0.2, 0) is 9.09 Å². The molecule has 0 heterocycles. The van der Waals surface area contributed by atoms with E-state index >= 15 is 0 Å². The molecule has 0 fully saturated rings. The van der Waals surface area contributed by atoms with Gasteiger partial charge in [0.2, 0.25) is 0 Å². The zero-order chi connectivity index (χ0) is 9.61. The molecule has 0 aromatic rings. The van der Waals surface area contributed by atoms with E-state index in [1.54, 1.807) is 6.92 Å². The van der Waals surface area contributed by atoms with Crippen LogP contribution in [0.2, 0.25) is 0 Å². The van der Waals surface area contributed by atoms with E-state index in [0.29, 0.717) is 12.3 Å². The Kier molecular flexibility index (Phi) is 5.77. The minimum absolute atomic E-state index is 0.0467. The van der Waals surface area contributed by atoms with E-state index in [-0.39, 0.29) is 12.8 Å². The van der Waals surface area contributed by atoms with Crippen molar-refractivity contribution in [2.75, 3.05) is 12.8 Å². The number of halogens is 1. The first-order valence-corrected chi connectivity index (χ1v) is 6.11. The maximum atomic E-state index is 12.9. The van der Waals surface area contributed by atoms with Crippen molar-refractivity contribution < 1.29 is 13.3 Å². The summed E-state index contributed by atoms with van der Waals surface area (Å²) in [6.45, 7) is 6.10. The molecule has 1 unspecified atom stereocenters. The highest BCUT2D eigenvalue weighted by Gasteiger charge is 2.19. The van der Waals surface area contributed by atoms with Gasteiger partial charge in [-0.25, -0.2) is 0 Å². The first kappa shape index (κ1) is 12.1. The molecular weight excluding hydrogens is 178 g/mol. The third-order valence-electron chi connectivity index (χ3n) is 1.47. The SMILES string of the molecule is CCCP(=O)(F)OCCC(C)C. The van der Waals surface area contributed by atoms with Gasteiger partial charge < -0.3 is 4.52 Å². The molecule has 0 aromatic heterocycles. The van der Waals surface area contributed by atoms with Crippen LogP contribution in [0.1, 0.15) is 33.6 Å². The lowest BCUT2D eigenvalue weighted by molar-refractivity contribution is 0.266. The van der Waals surface area contributed by atoms with Gasteiger partial charge in [-0.2, -0.15) is 4.20 Å². The zero-order valence-electron chi connectivity index (χ0n) is 8.05. The molecule has 0 amide bonds. The first-order valence-electron chi connectivity index (χ1n) is 4.41. The van der Waals surface area contributed by atoms with Crippen molar-refractivity contribution in [1.82, 2.24) is 0 Å². The molecule has 2 nitrogen and oxygen atoms in total. The van der Waals surface area contributed by atoms with Gasteiger partial charge in [0, 0.05) is 0 Å².